The monoisotopic (exact) mass is 428 g/mol. The number of thiazole rings is 1. The van der Waals surface area contributed by atoms with Crippen LogP contribution in [0.5, 0.6) is 5.75 Å². The van der Waals surface area contributed by atoms with Crippen LogP contribution in [-0.2, 0) is 17.8 Å². The molecule has 154 valence electrons. The van der Waals surface area contributed by atoms with Crippen molar-refractivity contribution in [3.63, 3.8) is 0 Å². The van der Waals surface area contributed by atoms with Crippen LogP contribution in [0.1, 0.15) is 27.0 Å². The van der Waals surface area contributed by atoms with E-state index < -0.39 is 0 Å². The first-order chi connectivity index (χ1) is 15.1. The van der Waals surface area contributed by atoms with Crippen LogP contribution < -0.4 is 10.5 Å². The molecule has 0 spiro atoms. The Kier molecular flexibility index (Phi) is 4.92. The summed E-state index contributed by atoms with van der Waals surface area (Å²) in [5.41, 5.74) is 11.1. The molecule has 0 saturated carbocycles. The standard InChI is InChI=1S/C25H20N2O3S/c1-29-23-19(13-17-10-11-20-24(21(17)22(23)28)31-25(26)27-20)16-8-5-9-18(12-16)30-14-15-6-3-2-4-7-15/h2-12H,13-14H2,1H3,(H2,26,27). The van der Waals surface area contributed by atoms with Crippen molar-refractivity contribution in [1.82, 2.24) is 4.98 Å². The fourth-order valence-corrected chi connectivity index (χ4v) is 4.83. The molecular weight excluding hydrogens is 408 g/mol. The van der Waals surface area contributed by atoms with E-state index in [2.05, 4.69) is 4.98 Å². The van der Waals surface area contributed by atoms with Gasteiger partial charge in [-0.25, -0.2) is 4.98 Å². The maximum atomic E-state index is 13.4. The second-order valence-electron chi connectivity index (χ2n) is 7.32. The summed E-state index contributed by atoms with van der Waals surface area (Å²) in [6.45, 7) is 0.479. The van der Waals surface area contributed by atoms with Gasteiger partial charge in [0.15, 0.2) is 10.9 Å². The Balaban J connectivity index is 1.50. The Morgan fingerprint density at radius 1 is 1.06 bits per heavy atom. The first kappa shape index (κ1) is 19.3. The molecule has 1 aliphatic carbocycles. The van der Waals surface area contributed by atoms with E-state index in [1.54, 1.807) is 0 Å². The second kappa shape index (κ2) is 7.89. The number of allylic oxidation sites excluding steroid dienone is 2. The number of anilines is 1. The van der Waals surface area contributed by atoms with Crippen molar-refractivity contribution >= 4 is 38.0 Å². The quantitative estimate of drug-likeness (QED) is 0.470. The number of ether oxygens (including phenoxy) is 2. The van der Waals surface area contributed by atoms with Crippen LogP contribution in [0.4, 0.5) is 5.13 Å². The summed E-state index contributed by atoms with van der Waals surface area (Å²) in [6.07, 6.45) is 0.583. The van der Waals surface area contributed by atoms with E-state index in [-0.39, 0.29) is 5.78 Å². The molecule has 3 aromatic carbocycles. The van der Waals surface area contributed by atoms with E-state index in [9.17, 15) is 4.79 Å². The van der Waals surface area contributed by atoms with Crippen molar-refractivity contribution in [2.75, 3.05) is 12.8 Å². The van der Waals surface area contributed by atoms with Crippen molar-refractivity contribution in [3.8, 4) is 5.75 Å². The number of hydrogen-bond donors (Lipinski definition) is 1. The molecule has 1 aliphatic rings. The molecule has 5 rings (SSSR count). The molecule has 0 radical (unpaired) electrons. The average Bonchev–Trinajstić information content (AvgIpc) is 3.18. The number of nitrogens with zero attached hydrogens (tertiary/aromatic N) is 1. The lowest BCUT2D eigenvalue weighted by Gasteiger charge is -2.22. The van der Waals surface area contributed by atoms with Crippen molar-refractivity contribution < 1.29 is 14.3 Å². The Morgan fingerprint density at radius 3 is 2.71 bits per heavy atom. The minimum absolute atomic E-state index is 0.136. The fraction of sp³-hybridized carbons (Fsp3) is 0.120. The molecule has 1 aromatic heterocycles. The van der Waals surface area contributed by atoms with Crippen molar-refractivity contribution in [2.45, 2.75) is 13.0 Å². The maximum absolute atomic E-state index is 13.4. The maximum Gasteiger partial charge on any atom is 0.229 e. The van der Waals surface area contributed by atoms with E-state index in [0.29, 0.717) is 29.5 Å². The number of ketones is 1. The summed E-state index contributed by atoms with van der Waals surface area (Å²) >= 11 is 1.33. The molecule has 31 heavy (non-hydrogen) atoms. The van der Waals surface area contributed by atoms with Gasteiger partial charge in [0.1, 0.15) is 12.4 Å². The number of carbonyl (C=O) groups excluding carboxylic acids is 1. The van der Waals surface area contributed by atoms with Crippen molar-refractivity contribution in [2.24, 2.45) is 0 Å². The van der Waals surface area contributed by atoms with E-state index in [1.165, 1.54) is 18.4 Å². The lowest BCUT2D eigenvalue weighted by atomic mass is 9.85. The molecule has 0 aliphatic heterocycles. The Labute approximate surface area is 183 Å². The third-order valence-electron chi connectivity index (χ3n) is 5.37. The minimum atomic E-state index is -0.136. The molecule has 0 unspecified atom stereocenters. The zero-order valence-corrected chi connectivity index (χ0v) is 17.7. The van der Waals surface area contributed by atoms with Gasteiger partial charge in [0.2, 0.25) is 5.78 Å². The molecule has 4 aromatic rings. The molecule has 0 atom stereocenters. The van der Waals surface area contributed by atoms with Crippen LogP contribution in [0.25, 0.3) is 15.8 Å². The number of methoxy groups -OCH3 is 1. The van der Waals surface area contributed by atoms with Crippen molar-refractivity contribution in [3.05, 3.63) is 94.7 Å². The highest BCUT2D eigenvalue weighted by molar-refractivity contribution is 7.22. The predicted molar refractivity (Wildman–Crippen MR) is 123 cm³/mol. The molecule has 0 bridgehead atoms. The van der Waals surface area contributed by atoms with Gasteiger partial charge in [-0.1, -0.05) is 59.9 Å². The summed E-state index contributed by atoms with van der Waals surface area (Å²) < 4.78 is 12.4. The van der Waals surface area contributed by atoms with Gasteiger partial charge in [-0.05, 0) is 34.9 Å². The Bertz CT molecular complexity index is 1330. The fourth-order valence-electron chi connectivity index (χ4n) is 3.93. The number of nitrogen functional groups attached to an aromatic ring is 1. The van der Waals surface area contributed by atoms with Gasteiger partial charge in [-0.3, -0.25) is 4.79 Å². The van der Waals surface area contributed by atoms with Crippen LogP contribution in [-0.4, -0.2) is 17.9 Å². The molecule has 5 nitrogen and oxygen atoms in total. The number of rotatable bonds is 5. The van der Waals surface area contributed by atoms with Crippen LogP contribution in [0.3, 0.4) is 0 Å². The smallest absolute Gasteiger partial charge is 0.229 e. The zero-order chi connectivity index (χ0) is 21.4. The Hall–Kier alpha value is -3.64. The normalized spacial score (nSPS) is 13.4. The summed E-state index contributed by atoms with van der Waals surface area (Å²) in [4.78, 5) is 17.7. The minimum Gasteiger partial charge on any atom is -0.492 e. The van der Waals surface area contributed by atoms with Gasteiger partial charge >= 0.3 is 0 Å². The van der Waals surface area contributed by atoms with E-state index in [4.69, 9.17) is 15.2 Å². The summed E-state index contributed by atoms with van der Waals surface area (Å²) in [6, 6.07) is 21.7. The third-order valence-corrected chi connectivity index (χ3v) is 6.29. The lowest BCUT2D eigenvalue weighted by molar-refractivity contribution is 0.0953. The van der Waals surface area contributed by atoms with E-state index >= 15 is 0 Å². The van der Waals surface area contributed by atoms with Gasteiger partial charge in [0, 0.05) is 17.6 Å². The molecule has 6 heteroatoms. The number of nitrogens with two attached hydrogens (primary N) is 1. The number of benzene rings is 3. The molecule has 1 heterocycles. The van der Waals surface area contributed by atoms with Crippen LogP contribution >= 0.6 is 11.3 Å². The van der Waals surface area contributed by atoms with Crippen LogP contribution in [0, 0.1) is 0 Å². The summed E-state index contributed by atoms with van der Waals surface area (Å²) in [5, 5.41) is 0.452. The largest absolute Gasteiger partial charge is 0.492 e. The Morgan fingerprint density at radius 2 is 1.90 bits per heavy atom. The third kappa shape index (κ3) is 3.55. The van der Waals surface area contributed by atoms with Crippen LogP contribution in [0.2, 0.25) is 0 Å². The SMILES string of the molecule is COC1=C(c2cccc(OCc3ccccc3)c2)Cc2ccc3nc(N)sc3c2C1=O. The van der Waals surface area contributed by atoms with Gasteiger partial charge in [-0.2, -0.15) is 0 Å². The number of hydrogen-bond acceptors (Lipinski definition) is 6. The van der Waals surface area contributed by atoms with Crippen molar-refractivity contribution in [1.29, 1.82) is 0 Å². The van der Waals surface area contributed by atoms with E-state index in [1.807, 2.05) is 66.7 Å². The average molecular weight is 429 g/mol. The number of fused-ring (bicyclic) bond motifs is 3. The number of Topliss-reactive ketones (excluding diaryl/α,β-unsaturated/α-hetero) is 1. The highest BCUT2D eigenvalue weighted by atomic mass is 32.1. The lowest BCUT2D eigenvalue weighted by Crippen LogP contribution is -2.17. The topological polar surface area (TPSA) is 74.4 Å². The van der Waals surface area contributed by atoms with Gasteiger partial charge < -0.3 is 15.2 Å². The second-order valence-corrected chi connectivity index (χ2v) is 8.35. The molecule has 0 saturated heterocycles. The molecular formula is C25H20N2O3S. The molecule has 0 fully saturated rings. The van der Waals surface area contributed by atoms with E-state index in [0.717, 1.165) is 38.2 Å². The van der Waals surface area contributed by atoms with Gasteiger partial charge in [0.05, 0.1) is 17.3 Å². The predicted octanol–water partition coefficient (Wildman–Crippen LogP) is 5.25. The first-order valence-electron chi connectivity index (χ1n) is 9.91. The van der Waals surface area contributed by atoms with Gasteiger partial charge in [-0.15, -0.1) is 0 Å². The summed E-state index contributed by atoms with van der Waals surface area (Å²) in [7, 11) is 1.54. The highest BCUT2D eigenvalue weighted by Gasteiger charge is 2.30. The molecule has 2 N–H and O–H groups in total. The first-order valence-corrected chi connectivity index (χ1v) is 10.7. The number of carbonyl (C=O) groups is 1. The number of aromatic nitrogens is 1. The summed E-state index contributed by atoms with van der Waals surface area (Å²) in [5.74, 6) is 0.962. The zero-order valence-electron chi connectivity index (χ0n) is 16.9. The molecule has 0 amide bonds. The van der Waals surface area contributed by atoms with Crippen LogP contribution in [0.15, 0.2) is 72.5 Å². The highest BCUT2D eigenvalue weighted by Crippen LogP contribution is 2.39. The van der Waals surface area contributed by atoms with Gasteiger partial charge in [0.25, 0.3) is 0 Å².